The molecule has 2 aromatic carbocycles. The summed E-state index contributed by atoms with van der Waals surface area (Å²) in [6.07, 6.45) is -2.76. The van der Waals surface area contributed by atoms with Crippen molar-refractivity contribution < 1.29 is 4.57 Å². The molecule has 18 heavy (non-hydrogen) atoms. The number of benzene rings is 2. The maximum absolute atomic E-state index is 13.0. The fourth-order valence-corrected chi connectivity index (χ4v) is 5.89. The van der Waals surface area contributed by atoms with Crippen molar-refractivity contribution in [2.75, 3.05) is 0 Å². The number of hydrogen-bond donors (Lipinski definition) is 0. The topological polar surface area (TPSA) is 17.1 Å². The minimum absolute atomic E-state index is 0.789. The lowest BCUT2D eigenvalue weighted by atomic mass is 10.2. The Balaban J connectivity index is 2.51. The molecule has 0 radical (unpaired) electrons. The van der Waals surface area contributed by atoms with E-state index in [2.05, 4.69) is 0 Å². The number of rotatable bonds is 3. The Kier molecular flexibility index (Phi) is 4.21. The first kappa shape index (κ1) is 13.7. The highest BCUT2D eigenvalue weighted by atomic mass is 35.7. The van der Waals surface area contributed by atoms with E-state index in [1.54, 1.807) is 0 Å². The molecule has 0 aliphatic carbocycles. The largest absolute Gasteiger partial charge is 0.301 e. The molecule has 94 valence electrons. The Bertz CT molecular complexity index is 528. The molecule has 0 heterocycles. The highest BCUT2D eigenvalue weighted by Crippen LogP contribution is 2.58. The molecule has 0 N–H and O–H groups in total. The van der Waals surface area contributed by atoms with Gasteiger partial charge >= 0.3 is 0 Å². The maximum atomic E-state index is 13.0. The predicted octanol–water partition coefficient (Wildman–Crippen LogP) is 4.42. The molecular weight excluding hydrogens is 283 g/mol. The standard InChI is InChI=1S/C14H14ClOPS/c1-11-3-7-13(8-4-11)17(16,18-15)14-9-5-12(2)6-10-14/h3-10H,1-2H3. The van der Waals surface area contributed by atoms with Crippen molar-refractivity contribution in [1.82, 2.24) is 0 Å². The minimum atomic E-state index is -2.76. The van der Waals surface area contributed by atoms with Crippen LogP contribution in [0.15, 0.2) is 48.5 Å². The van der Waals surface area contributed by atoms with Crippen LogP contribution in [0.1, 0.15) is 11.1 Å². The second-order valence-corrected chi connectivity index (χ2v) is 9.76. The molecule has 0 aromatic heterocycles. The Morgan fingerprint density at radius 3 is 1.44 bits per heavy atom. The van der Waals surface area contributed by atoms with E-state index in [1.807, 2.05) is 62.4 Å². The zero-order valence-corrected chi connectivity index (χ0v) is 12.7. The Morgan fingerprint density at radius 2 is 1.17 bits per heavy atom. The smallest absolute Gasteiger partial charge is 0.209 e. The summed E-state index contributed by atoms with van der Waals surface area (Å²) < 4.78 is 13.0. The van der Waals surface area contributed by atoms with Gasteiger partial charge in [-0.25, -0.2) is 0 Å². The lowest BCUT2D eigenvalue weighted by Gasteiger charge is -2.15. The van der Waals surface area contributed by atoms with Crippen LogP contribution in [0.4, 0.5) is 0 Å². The molecule has 0 aliphatic rings. The van der Waals surface area contributed by atoms with Gasteiger partial charge in [-0.1, -0.05) is 59.7 Å². The van der Waals surface area contributed by atoms with Crippen molar-refractivity contribution in [3.05, 3.63) is 59.7 Å². The van der Waals surface area contributed by atoms with Crippen LogP contribution in [0, 0.1) is 13.8 Å². The molecule has 0 fully saturated rings. The van der Waals surface area contributed by atoms with Gasteiger partial charge in [0.2, 0.25) is 6.34 Å². The average Bonchev–Trinajstić information content (AvgIpc) is 2.39. The summed E-state index contributed by atoms with van der Waals surface area (Å²) in [4.78, 5) is 0. The van der Waals surface area contributed by atoms with Crippen molar-refractivity contribution >= 4 is 38.2 Å². The number of aryl methyl sites for hydroxylation is 2. The molecule has 0 unspecified atom stereocenters. The molecule has 2 aromatic rings. The zero-order chi connectivity index (χ0) is 13.2. The first-order chi connectivity index (χ1) is 8.56. The van der Waals surface area contributed by atoms with Gasteiger partial charge in [0.05, 0.1) is 0 Å². The van der Waals surface area contributed by atoms with E-state index in [0.29, 0.717) is 0 Å². The third kappa shape index (κ3) is 2.66. The van der Waals surface area contributed by atoms with Gasteiger partial charge in [0.25, 0.3) is 0 Å². The summed E-state index contributed by atoms with van der Waals surface area (Å²) in [5.74, 6) is 0. The van der Waals surface area contributed by atoms with Crippen LogP contribution in [0.25, 0.3) is 0 Å². The first-order valence-electron chi connectivity index (χ1n) is 5.61. The van der Waals surface area contributed by atoms with Gasteiger partial charge in [-0.3, -0.25) is 0 Å². The molecule has 0 saturated carbocycles. The van der Waals surface area contributed by atoms with Crippen molar-refractivity contribution in [3.63, 3.8) is 0 Å². The zero-order valence-electron chi connectivity index (χ0n) is 10.3. The quantitative estimate of drug-likeness (QED) is 0.780. The molecule has 0 amide bonds. The Morgan fingerprint density at radius 1 is 0.833 bits per heavy atom. The molecular formula is C14H14ClOPS. The van der Waals surface area contributed by atoms with Gasteiger partial charge < -0.3 is 4.57 Å². The van der Waals surface area contributed by atoms with E-state index in [-0.39, 0.29) is 0 Å². The minimum Gasteiger partial charge on any atom is -0.301 e. The van der Waals surface area contributed by atoms with Crippen molar-refractivity contribution in [2.45, 2.75) is 13.8 Å². The normalized spacial score (nSPS) is 11.5. The molecule has 4 heteroatoms. The van der Waals surface area contributed by atoms with Gasteiger partial charge in [-0.05, 0) is 24.5 Å². The molecule has 0 saturated heterocycles. The van der Waals surface area contributed by atoms with Crippen molar-refractivity contribution in [3.8, 4) is 0 Å². The lowest BCUT2D eigenvalue weighted by Crippen LogP contribution is -2.12. The Labute approximate surface area is 116 Å². The van der Waals surface area contributed by atoms with Crippen LogP contribution in [0.2, 0.25) is 0 Å². The third-order valence-corrected chi connectivity index (χ3v) is 8.59. The molecule has 1 nitrogen and oxygen atoms in total. The number of hydrogen-bond acceptors (Lipinski definition) is 2. The average molecular weight is 297 g/mol. The van der Waals surface area contributed by atoms with E-state index in [1.165, 1.54) is 0 Å². The third-order valence-electron chi connectivity index (χ3n) is 2.84. The van der Waals surface area contributed by atoms with Gasteiger partial charge in [-0.15, -0.1) is 0 Å². The first-order valence-corrected chi connectivity index (χ1v) is 9.56. The van der Waals surface area contributed by atoms with E-state index in [4.69, 9.17) is 10.7 Å². The predicted molar refractivity (Wildman–Crippen MR) is 82.7 cm³/mol. The van der Waals surface area contributed by atoms with Crippen LogP contribution in [0.5, 0.6) is 0 Å². The summed E-state index contributed by atoms with van der Waals surface area (Å²) in [6.45, 7) is 4.02. The molecule has 0 atom stereocenters. The van der Waals surface area contributed by atoms with Gasteiger partial charge in [0, 0.05) is 21.2 Å². The van der Waals surface area contributed by atoms with Gasteiger partial charge in [-0.2, -0.15) is 0 Å². The summed E-state index contributed by atoms with van der Waals surface area (Å²) in [7, 11) is 6.83. The molecule has 0 bridgehead atoms. The van der Waals surface area contributed by atoms with Crippen LogP contribution in [-0.4, -0.2) is 0 Å². The second-order valence-electron chi connectivity index (χ2n) is 4.29. The summed E-state index contributed by atoms with van der Waals surface area (Å²) >= 11 is 0. The summed E-state index contributed by atoms with van der Waals surface area (Å²) in [6, 6.07) is 15.4. The van der Waals surface area contributed by atoms with E-state index in [9.17, 15) is 4.57 Å². The highest BCUT2D eigenvalue weighted by molar-refractivity contribution is 8.72. The highest BCUT2D eigenvalue weighted by Gasteiger charge is 2.27. The lowest BCUT2D eigenvalue weighted by molar-refractivity contribution is 0.596. The SMILES string of the molecule is Cc1ccc(P(=O)(SCl)c2ccc(C)cc2)cc1. The fourth-order valence-electron chi connectivity index (χ4n) is 1.71. The van der Waals surface area contributed by atoms with E-state index < -0.39 is 6.34 Å². The molecule has 0 aliphatic heterocycles. The van der Waals surface area contributed by atoms with Crippen molar-refractivity contribution in [2.24, 2.45) is 0 Å². The van der Waals surface area contributed by atoms with Crippen LogP contribution in [0.3, 0.4) is 0 Å². The van der Waals surface area contributed by atoms with E-state index >= 15 is 0 Å². The van der Waals surface area contributed by atoms with Gasteiger partial charge in [0.15, 0.2) is 0 Å². The summed E-state index contributed by atoms with van der Waals surface area (Å²) in [5.41, 5.74) is 2.29. The Hall–Kier alpha value is -0.690. The van der Waals surface area contributed by atoms with E-state index in [0.717, 1.165) is 32.3 Å². The second kappa shape index (κ2) is 5.52. The van der Waals surface area contributed by atoms with Crippen LogP contribution >= 0.6 is 27.6 Å². The summed E-state index contributed by atoms with van der Waals surface area (Å²) in [5, 5.41) is 1.58. The van der Waals surface area contributed by atoms with Crippen LogP contribution < -0.4 is 10.6 Å². The fraction of sp³-hybridized carbons (Fsp3) is 0.143. The monoisotopic (exact) mass is 296 g/mol. The molecule has 0 spiro atoms. The van der Waals surface area contributed by atoms with Crippen LogP contribution in [-0.2, 0) is 4.57 Å². The maximum Gasteiger partial charge on any atom is 0.209 e. The number of halogens is 1. The van der Waals surface area contributed by atoms with Gasteiger partial charge in [0.1, 0.15) is 0 Å². The van der Waals surface area contributed by atoms with Crippen molar-refractivity contribution in [1.29, 1.82) is 0 Å². The molecule has 2 rings (SSSR count).